The zero-order valence-corrected chi connectivity index (χ0v) is 17.0. The number of rotatable bonds is 5. The number of carbonyl (C=O) groups excluding carboxylic acids is 1. The monoisotopic (exact) mass is 387 g/mol. The SMILES string of the molecule is Cc1ccc2sc(N(CCN(C)C)C(=O)c3cccc(Cl)c3)nc2c1C. The van der Waals surface area contributed by atoms with Crippen molar-refractivity contribution in [3.63, 3.8) is 0 Å². The minimum absolute atomic E-state index is 0.0808. The molecule has 4 nitrogen and oxygen atoms in total. The third-order valence-electron chi connectivity index (χ3n) is 4.39. The molecule has 1 aromatic heterocycles. The van der Waals surface area contributed by atoms with Crippen LogP contribution in [0, 0.1) is 13.8 Å². The van der Waals surface area contributed by atoms with Crippen LogP contribution in [0.5, 0.6) is 0 Å². The average Bonchev–Trinajstić information content (AvgIpc) is 3.02. The number of halogens is 1. The Balaban J connectivity index is 2.03. The van der Waals surface area contributed by atoms with E-state index in [1.54, 1.807) is 40.5 Å². The predicted molar refractivity (Wildman–Crippen MR) is 111 cm³/mol. The highest BCUT2D eigenvalue weighted by atomic mass is 35.5. The molecule has 0 bridgehead atoms. The van der Waals surface area contributed by atoms with Gasteiger partial charge in [0, 0.05) is 23.7 Å². The summed E-state index contributed by atoms with van der Waals surface area (Å²) >= 11 is 7.63. The lowest BCUT2D eigenvalue weighted by Crippen LogP contribution is -2.36. The number of anilines is 1. The van der Waals surface area contributed by atoms with Crippen molar-refractivity contribution in [2.75, 3.05) is 32.1 Å². The first-order valence-corrected chi connectivity index (χ1v) is 9.65. The van der Waals surface area contributed by atoms with E-state index in [2.05, 4.69) is 30.9 Å². The van der Waals surface area contributed by atoms with Crippen LogP contribution >= 0.6 is 22.9 Å². The summed E-state index contributed by atoms with van der Waals surface area (Å²) in [5.74, 6) is -0.0808. The zero-order valence-electron chi connectivity index (χ0n) is 15.4. The van der Waals surface area contributed by atoms with E-state index >= 15 is 0 Å². The Kier molecular flexibility index (Phi) is 5.61. The van der Waals surface area contributed by atoms with Gasteiger partial charge in [0.15, 0.2) is 5.13 Å². The lowest BCUT2D eigenvalue weighted by molar-refractivity contribution is 0.0985. The minimum atomic E-state index is -0.0808. The molecule has 3 rings (SSSR count). The van der Waals surface area contributed by atoms with Crippen LogP contribution in [0.1, 0.15) is 21.5 Å². The molecule has 0 fully saturated rings. The average molecular weight is 388 g/mol. The van der Waals surface area contributed by atoms with Crippen molar-refractivity contribution in [3.8, 4) is 0 Å². The highest BCUT2D eigenvalue weighted by Gasteiger charge is 2.22. The number of aryl methyl sites for hydroxylation is 2. The van der Waals surface area contributed by atoms with Crippen LogP contribution in [-0.4, -0.2) is 43.0 Å². The van der Waals surface area contributed by atoms with E-state index in [0.29, 0.717) is 17.1 Å². The van der Waals surface area contributed by atoms with Crippen molar-refractivity contribution in [2.24, 2.45) is 0 Å². The molecule has 0 saturated carbocycles. The van der Waals surface area contributed by atoms with Crippen molar-refractivity contribution >= 4 is 44.2 Å². The van der Waals surface area contributed by atoms with Gasteiger partial charge >= 0.3 is 0 Å². The first kappa shape index (κ1) is 18.8. The van der Waals surface area contributed by atoms with Crippen LogP contribution in [0.3, 0.4) is 0 Å². The van der Waals surface area contributed by atoms with Crippen LogP contribution in [0.25, 0.3) is 10.2 Å². The largest absolute Gasteiger partial charge is 0.308 e. The molecule has 3 aromatic rings. The third kappa shape index (κ3) is 3.90. The first-order valence-electron chi connectivity index (χ1n) is 8.45. The molecular weight excluding hydrogens is 366 g/mol. The molecule has 0 aliphatic heterocycles. The molecule has 0 radical (unpaired) electrons. The summed E-state index contributed by atoms with van der Waals surface area (Å²) in [5, 5.41) is 1.28. The summed E-state index contributed by atoms with van der Waals surface area (Å²) in [7, 11) is 3.99. The minimum Gasteiger partial charge on any atom is -0.308 e. The number of fused-ring (bicyclic) bond motifs is 1. The molecule has 2 aromatic carbocycles. The Labute approximate surface area is 163 Å². The predicted octanol–water partition coefficient (Wildman–Crippen LogP) is 4.77. The Morgan fingerprint density at radius 2 is 1.92 bits per heavy atom. The Hall–Kier alpha value is -1.95. The number of amides is 1. The van der Waals surface area contributed by atoms with Gasteiger partial charge in [-0.15, -0.1) is 0 Å². The highest BCUT2D eigenvalue weighted by Crippen LogP contribution is 2.32. The van der Waals surface area contributed by atoms with Crippen LogP contribution < -0.4 is 4.90 Å². The molecule has 0 spiro atoms. The lowest BCUT2D eigenvalue weighted by Gasteiger charge is -2.22. The summed E-state index contributed by atoms with van der Waals surface area (Å²) in [4.78, 5) is 21.8. The zero-order chi connectivity index (χ0) is 18.8. The van der Waals surface area contributed by atoms with Crippen LogP contribution in [-0.2, 0) is 0 Å². The molecule has 0 aliphatic carbocycles. The quantitative estimate of drug-likeness (QED) is 0.632. The molecule has 0 aliphatic rings. The van der Waals surface area contributed by atoms with Crippen molar-refractivity contribution < 1.29 is 4.79 Å². The Bertz CT molecular complexity index is 951. The number of carbonyl (C=O) groups is 1. The number of nitrogens with zero attached hydrogens (tertiary/aromatic N) is 3. The molecule has 0 saturated heterocycles. The maximum atomic E-state index is 13.2. The van der Waals surface area contributed by atoms with Crippen molar-refractivity contribution in [2.45, 2.75) is 13.8 Å². The maximum absolute atomic E-state index is 13.2. The third-order valence-corrected chi connectivity index (χ3v) is 5.67. The second kappa shape index (κ2) is 7.74. The number of hydrogen-bond acceptors (Lipinski definition) is 4. The normalized spacial score (nSPS) is 11.3. The molecule has 0 unspecified atom stereocenters. The van der Waals surface area contributed by atoms with Crippen LogP contribution in [0.4, 0.5) is 5.13 Å². The van der Waals surface area contributed by atoms with Gasteiger partial charge in [-0.05, 0) is 63.3 Å². The van der Waals surface area contributed by atoms with Gasteiger partial charge in [-0.3, -0.25) is 9.69 Å². The summed E-state index contributed by atoms with van der Waals surface area (Å²) in [5.41, 5.74) is 3.91. The fraction of sp³-hybridized carbons (Fsp3) is 0.300. The van der Waals surface area contributed by atoms with Gasteiger partial charge in [0.1, 0.15) is 0 Å². The van der Waals surface area contributed by atoms with Gasteiger partial charge in [-0.25, -0.2) is 4.98 Å². The van der Waals surface area contributed by atoms with Gasteiger partial charge < -0.3 is 4.90 Å². The summed E-state index contributed by atoms with van der Waals surface area (Å²) in [6.45, 7) is 5.47. The molecule has 6 heteroatoms. The van der Waals surface area contributed by atoms with E-state index in [1.165, 1.54) is 5.56 Å². The summed E-state index contributed by atoms with van der Waals surface area (Å²) < 4.78 is 1.09. The number of aromatic nitrogens is 1. The molecule has 136 valence electrons. The molecule has 1 amide bonds. The fourth-order valence-electron chi connectivity index (χ4n) is 2.69. The molecular formula is C20H22ClN3OS. The smallest absolute Gasteiger partial charge is 0.260 e. The van der Waals surface area contributed by atoms with E-state index in [1.807, 2.05) is 14.1 Å². The van der Waals surface area contributed by atoms with Gasteiger partial charge in [-0.1, -0.05) is 35.1 Å². The van der Waals surface area contributed by atoms with Crippen molar-refractivity contribution in [1.29, 1.82) is 0 Å². The topological polar surface area (TPSA) is 36.4 Å². The molecule has 0 N–H and O–H groups in total. The standard InChI is InChI=1S/C20H22ClN3OS/c1-13-8-9-17-18(14(13)2)22-20(26-17)24(11-10-23(3)4)19(25)15-6-5-7-16(21)12-15/h5-9,12H,10-11H2,1-4H3. The highest BCUT2D eigenvalue weighted by molar-refractivity contribution is 7.22. The van der Waals surface area contributed by atoms with E-state index in [0.717, 1.165) is 27.5 Å². The van der Waals surface area contributed by atoms with Crippen molar-refractivity contribution in [3.05, 3.63) is 58.1 Å². The molecule has 26 heavy (non-hydrogen) atoms. The van der Waals surface area contributed by atoms with Crippen molar-refractivity contribution in [1.82, 2.24) is 9.88 Å². The van der Waals surface area contributed by atoms with E-state index in [9.17, 15) is 4.79 Å². The molecule has 1 heterocycles. The summed E-state index contributed by atoms with van der Waals surface area (Å²) in [6.07, 6.45) is 0. The summed E-state index contributed by atoms with van der Waals surface area (Å²) in [6, 6.07) is 11.2. The second-order valence-electron chi connectivity index (χ2n) is 6.62. The lowest BCUT2D eigenvalue weighted by atomic mass is 10.1. The Morgan fingerprint density at radius 3 is 2.62 bits per heavy atom. The van der Waals surface area contributed by atoms with Crippen LogP contribution in [0.15, 0.2) is 36.4 Å². The Morgan fingerprint density at radius 1 is 1.15 bits per heavy atom. The number of thiazole rings is 1. The van der Waals surface area contributed by atoms with E-state index < -0.39 is 0 Å². The maximum Gasteiger partial charge on any atom is 0.260 e. The van der Waals surface area contributed by atoms with Gasteiger partial charge in [-0.2, -0.15) is 0 Å². The van der Waals surface area contributed by atoms with E-state index in [-0.39, 0.29) is 5.91 Å². The van der Waals surface area contributed by atoms with Crippen LogP contribution in [0.2, 0.25) is 5.02 Å². The molecule has 0 atom stereocenters. The van der Waals surface area contributed by atoms with Gasteiger partial charge in [0.05, 0.1) is 10.2 Å². The first-order chi connectivity index (χ1) is 12.4. The second-order valence-corrected chi connectivity index (χ2v) is 8.07. The fourth-order valence-corrected chi connectivity index (χ4v) is 3.93. The number of likely N-dealkylation sites (N-methyl/N-ethyl adjacent to an activating group) is 1. The number of benzene rings is 2. The van der Waals surface area contributed by atoms with Gasteiger partial charge in [0.25, 0.3) is 5.91 Å². The number of hydrogen-bond donors (Lipinski definition) is 0. The van der Waals surface area contributed by atoms with E-state index in [4.69, 9.17) is 16.6 Å². The van der Waals surface area contributed by atoms with Gasteiger partial charge in [0.2, 0.25) is 0 Å².